The Balaban J connectivity index is 1.29. The molecule has 0 fully saturated rings. The van der Waals surface area contributed by atoms with E-state index in [4.69, 9.17) is 9.84 Å². The largest absolute Gasteiger partial charge is 0.493 e. The number of hydrogen-bond acceptors (Lipinski definition) is 4. The molecule has 1 aliphatic rings. The van der Waals surface area contributed by atoms with Crippen molar-refractivity contribution in [1.82, 2.24) is 14.3 Å². The van der Waals surface area contributed by atoms with Crippen LogP contribution < -0.4 is 9.64 Å². The van der Waals surface area contributed by atoms with Crippen molar-refractivity contribution in [3.63, 3.8) is 0 Å². The molecule has 1 aliphatic heterocycles. The fraction of sp³-hybridized carbons (Fsp3) is 0.211. The molecule has 0 bridgehead atoms. The summed E-state index contributed by atoms with van der Waals surface area (Å²) < 4.78 is 10.2. The second kappa shape index (κ2) is 12.0. The van der Waals surface area contributed by atoms with Crippen molar-refractivity contribution < 1.29 is 14.6 Å². The van der Waals surface area contributed by atoms with E-state index in [1.807, 2.05) is 59.6 Å². The lowest BCUT2D eigenvalue weighted by atomic mass is 9.99. The Hall–Kier alpha value is -5.30. The number of rotatable bonds is 8. The number of carboxylic acid groups (broad SMARTS) is 1. The quantitative estimate of drug-likeness (QED) is 0.143. The number of benzene rings is 4. The van der Waals surface area contributed by atoms with E-state index < -0.39 is 5.97 Å². The molecule has 7 nitrogen and oxygen atoms in total. The molecule has 45 heavy (non-hydrogen) atoms. The third-order valence-corrected chi connectivity index (χ3v) is 8.73. The van der Waals surface area contributed by atoms with Gasteiger partial charge >= 0.3 is 5.97 Å². The molecular formula is C38H36N4O3. The van der Waals surface area contributed by atoms with Crippen molar-refractivity contribution in [1.29, 1.82) is 0 Å². The molecule has 0 aliphatic carbocycles. The molecule has 4 aromatic carbocycles. The Morgan fingerprint density at radius 1 is 0.889 bits per heavy atom. The van der Waals surface area contributed by atoms with Crippen LogP contribution in [0, 0.1) is 6.92 Å². The van der Waals surface area contributed by atoms with Crippen molar-refractivity contribution in [2.45, 2.75) is 32.9 Å². The minimum Gasteiger partial charge on any atom is -0.493 e. The highest BCUT2D eigenvalue weighted by molar-refractivity contribution is 6.05. The third-order valence-electron chi connectivity index (χ3n) is 8.73. The second-order valence-electron chi connectivity index (χ2n) is 11.6. The summed E-state index contributed by atoms with van der Waals surface area (Å²) in [6.07, 6.45) is 5.49. The van der Waals surface area contributed by atoms with Gasteiger partial charge in [0.15, 0.2) is 0 Å². The van der Waals surface area contributed by atoms with Gasteiger partial charge in [0.05, 0.1) is 17.8 Å². The van der Waals surface area contributed by atoms with E-state index in [9.17, 15) is 9.90 Å². The Labute approximate surface area is 262 Å². The van der Waals surface area contributed by atoms with Gasteiger partial charge in [-0.05, 0) is 42.3 Å². The normalized spacial score (nSPS) is 13.6. The second-order valence-corrected chi connectivity index (χ2v) is 11.6. The summed E-state index contributed by atoms with van der Waals surface area (Å²) >= 11 is 0. The Morgan fingerprint density at radius 3 is 2.47 bits per heavy atom. The Kier molecular flexibility index (Phi) is 7.59. The number of fused-ring (bicyclic) bond motifs is 3. The molecule has 1 N–H and O–H groups in total. The summed E-state index contributed by atoms with van der Waals surface area (Å²) in [7, 11) is 1.99. The lowest BCUT2D eigenvalue weighted by Gasteiger charge is -2.26. The zero-order valence-corrected chi connectivity index (χ0v) is 25.6. The SMILES string of the molecule is Cc1nn(C)c2c1-c1cccc3c(CCCOc4cccc5ccccc45)c(C(=O)O)n(c13)C/C=C\CN2Cc1ccccc1. The number of aryl methyl sites for hydroxylation is 3. The number of carbonyl (C=O) groups is 1. The number of carboxylic acids is 1. The molecule has 0 saturated carbocycles. The maximum atomic E-state index is 12.9. The van der Waals surface area contributed by atoms with E-state index in [2.05, 4.69) is 71.6 Å². The molecule has 3 heterocycles. The molecule has 0 spiro atoms. The zero-order valence-electron chi connectivity index (χ0n) is 25.6. The van der Waals surface area contributed by atoms with Gasteiger partial charge in [0.1, 0.15) is 17.3 Å². The first-order chi connectivity index (χ1) is 22.0. The summed E-state index contributed by atoms with van der Waals surface area (Å²) in [5.74, 6) is 0.950. The van der Waals surface area contributed by atoms with Gasteiger partial charge in [-0.2, -0.15) is 5.10 Å². The monoisotopic (exact) mass is 596 g/mol. The Bertz CT molecular complexity index is 2050. The number of nitrogens with zero attached hydrogens (tertiary/aromatic N) is 4. The lowest BCUT2D eigenvalue weighted by molar-refractivity contribution is 0.0685. The average Bonchev–Trinajstić information content (AvgIpc) is 3.53. The van der Waals surface area contributed by atoms with Gasteiger partial charge in [-0.3, -0.25) is 4.68 Å². The van der Waals surface area contributed by atoms with Gasteiger partial charge in [0.25, 0.3) is 0 Å². The predicted molar refractivity (Wildman–Crippen MR) is 180 cm³/mol. The van der Waals surface area contributed by atoms with E-state index in [-0.39, 0.29) is 0 Å². The van der Waals surface area contributed by atoms with E-state index >= 15 is 0 Å². The van der Waals surface area contributed by atoms with E-state index in [0.29, 0.717) is 38.2 Å². The zero-order chi connectivity index (χ0) is 30.9. The molecule has 0 amide bonds. The highest BCUT2D eigenvalue weighted by Crippen LogP contribution is 2.41. The fourth-order valence-corrected chi connectivity index (χ4v) is 6.85. The first-order valence-corrected chi connectivity index (χ1v) is 15.5. The van der Waals surface area contributed by atoms with Crippen LogP contribution in [-0.2, 0) is 26.6 Å². The summed E-state index contributed by atoms with van der Waals surface area (Å²) in [6, 6.07) is 30.9. The van der Waals surface area contributed by atoms with Crippen molar-refractivity contribution in [2.75, 3.05) is 18.1 Å². The van der Waals surface area contributed by atoms with Gasteiger partial charge in [0.2, 0.25) is 0 Å². The molecule has 6 aromatic rings. The molecule has 0 atom stereocenters. The van der Waals surface area contributed by atoms with Crippen molar-refractivity contribution in [2.24, 2.45) is 7.05 Å². The first-order valence-electron chi connectivity index (χ1n) is 15.5. The van der Waals surface area contributed by atoms with Crippen LogP contribution in [0.15, 0.2) is 103 Å². The smallest absolute Gasteiger partial charge is 0.352 e. The van der Waals surface area contributed by atoms with Gasteiger partial charge in [-0.1, -0.05) is 97.1 Å². The average molecular weight is 597 g/mol. The van der Waals surface area contributed by atoms with Gasteiger partial charge in [0, 0.05) is 48.6 Å². The molecule has 226 valence electrons. The molecule has 0 radical (unpaired) electrons. The van der Waals surface area contributed by atoms with Crippen LogP contribution in [-0.4, -0.2) is 38.6 Å². The van der Waals surface area contributed by atoms with Crippen LogP contribution >= 0.6 is 0 Å². The van der Waals surface area contributed by atoms with Crippen molar-refractivity contribution >= 4 is 33.5 Å². The minimum atomic E-state index is -0.915. The third kappa shape index (κ3) is 5.24. The number of aromatic carboxylic acids is 1. The maximum absolute atomic E-state index is 12.9. The minimum absolute atomic E-state index is 0.345. The van der Waals surface area contributed by atoms with E-state index in [1.54, 1.807) is 0 Å². The van der Waals surface area contributed by atoms with E-state index in [1.165, 1.54) is 5.56 Å². The number of ether oxygens (including phenoxy) is 1. The van der Waals surface area contributed by atoms with Crippen LogP contribution in [0.5, 0.6) is 5.75 Å². The van der Waals surface area contributed by atoms with Crippen molar-refractivity contribution in [3.8, 4) is 16.9 Å². The van der Waals surface area contributed by atoms with Crippen molar-refractivity contribution in [3.05, 3.63) is 126 Å². The van der Waals surface area contributed by atoms with Crippen LogP contribution in [0.4, 0.5) is 5.82 Å². The van der Waals surface area contributed by atoms with Gasteiger partial charge in [-0.15, -0.1) is 0 Å². The molecule has 0 unspecified atom stereocenters. The first kappa shape index (κ1) is 28.5. The van der Waals surface area contributed by atoms with Crippen LogP contribution in [0.1, 0.15) is 33.7 Å². The fourth-order valence-electron chi connectivity index (χ4n) is 6.85. The summed E-state index contributed by atoms with van der Waals surface area (Å²) in [5.41, 5.74) is 6.30. The Morgan fingerprint density at radius 2 is 1.62 bits per heavy atom. The number of allylic oxidation sites excluding steroid dienone is 1. The van der Waals surface area contributed by atoms with E-state index in [0.717, 1.165) is 62.2 Å². The molecule has 7 rings (SSSR count). The summed E-state index contributed by atoms with van der Waals surface area (Å²) in [4.78, 5) is 15.3. The van der Waals surface area contributed by atoms with Crippen LogP contribution in [0.2, 0.25) is 0 Å². The lowest BCUT2D eigenvalue weighted by Crippen LogP contribution is -2.26. The number of hydrogen-bond donors (Lipinski definition) is 1. The molecular weight excluding hydrogens is 560 g/mol. The summed E-state index contributed by atoms with van der Waals surface area (Å²) in [6.45, 7) is 4.40. The standard InChI is InChI=1S/C38H36N4O3/c1-26-34-32-19-11-18-30-31(20-12-24-45-33-21-10-16-28-15-6-7-17-29(28)33)36(38(43)44)42(35(30)32)23-9-8-22-41(37(34)40(2)39-26)25-27-13-4-3-5-14-27/h3-11,13-19,21H,12,20,22-25H2,1-2H3,(H,43,44)/b9-8-. The predicted octanol–water partition coefficient (Wildman–Crippen LogP) is 7.79. The highest BCUT2D eigenvalue weighted by atomic mass is 16.5. The number of para-hydroxylation sites is 1. The molecule has 7 heteroatoms. The van der Waals surface area contributed by atoms with Gasteiger partial charge < -0.3 is 19.3 Å². The molecule has 2 aromatic heterocycles. The maximum Gasteiger partial charge on any atom is 0.352 e. The topological polar surface area (TPSA) is 72.5 Å². The molecule has 0 saturated heterocycles. The number of aromatic nitrogens is 3. The van der Waals surface area contributed by atoms with Crippen LogP contribution in [0.3, 0.4) is 0 Å². The van der Waals surface area contributed by atoms with Gasteiger partial charge in [-0.25, -0.2) is 4.79 Å². The highest BCUT2D eigenvalue weighted by Gasteiger charge is 2.28. The van der Waals surface area contributed by atoms with Crippen LogP contribution in [0.25, 0.3) is 32.8 Å². The number of anilines is 1. The summed E-state index contributed by atoms with van der Waals surface area (Å²) in [5, 5.41) is 18.6.